The van der Waals surface area contributed by atoms with E-state index < -0.39 is 32.9 Å². The average molecular weight is 488 g/mol. The molecule has 2 N–H and O–H groups in total. The van der Waals surface area contributed by atoms with Gasteiger partial charge in [-0.15, -0.1) is 0 Å². The van der Waals surface area contributed by atoms with Gasteiger partial charge in [-0.25, -0.2) is 19.3 Å². The molecule has 0 saturated carbocycles. The van der Waals surface area contributed by atoms with Gasteiger partial charge in [-0.05, 0) is 30.3 Å². The number of hydrogen-bond donors (Lipinski definition) is 2. The SMILES string of the molecule is CC(C)(C)[Si](C)(C)OC[C@H]1O[C@@H](n2cnc3c(NC(=O)c4ccccc4)ncnc32)[C@H](F)C1O. The van der Waals surface area contributed by atoms with Crippen molar-refractivity contribution >= 4 is 31.2 Å². The Morgan fingerprint density at radius 2 is 1.94 bits per heavy atom. The maximum absolute atomic E-state index is 15.1. The van der Waals surface area contributed by atoms with Crippen molar-refractivity contribution in [2.75, 3.05) is 11.9 Å². The van der Waals surface area contributed by atoms with E-state index in [0.717, 1.165) is 0 Å². The summed E-state index contributed by atoms with van der Waals surface area (Å²) in [6.07, 6.45) is -2.39. The minimum atomic E-state index is -2.10. The topological polar surface area (TPSA) is 111 Å². The Morgan fingerprint density at radius 3 is 2.62 bits per heavy atom. The zero-order valence-electron chi connectivity index (χ0n) is 19.9. The number of hydrogen-bond acceptors (Lipinski definition) is 7. The van der Waals surface area contributed by atoms with Crippen molar-refractivity contribution in [3.8, 4) is 0 Å². The Balaban J connectivity index is 1.54. The van der Waals surface area contributed by atoms with Crippen LogP contribution in [0, 0.1) is 0 Å². The molecule has 3 heterocycles. The summed E-state index contributed by atoms with van der Waals surface area (Å²) in [5.74, 6) is -0.154. The van der Waals surface area contributed by atoms with Gasteiger partial charge in [0.25, 0.3) is 5.91 Å². The van der Waals surface area contributed by atoms with Gasteiger partial charge in [0.1, 0.15) is 18.5 Å². The van der Waals surface area contributed by atoms with E-state index in [-0.39, 0.29) is 34.5 Å². The summed E-state index contributed by atoms with van der Waals surface area (Å²) >= 11 is 0. The molecule has 1 unspecified atom stereocenters. The lowest BCUT2D eigenvalue weighted by atomic mass is 10.1. The van der Waals surface area contributed by atoms with Gasteiger partial charge in [0.2, 0.25) is 0 Å². The number of aliphatic hydroxyl groups is 1. The number of benzene rings is 1. The lowest BCUT2D eigenvalue weighted by molar-refractivity contribution is -0.0434. The molecule has 0 bridgehead atoms. The number of carbonyl (C=O) groups is 1. The molecule has 182 valence electrons. The third kappa shape index (κ3) is 4.60. The Kier molecular flexibility index (Phi) is 6.56. The molecule has 11 heteroatoms. The molecule has 34 heavy (non-hydrogen) atoms. The van der Waals surface area contributed by atoms with Gasteiger partial charge in [-0.1, -0.05) is 39.0 Å². The van der Waals surface area contributed by atoms with Gasteiger partial charge >= 0.3 is 0 Å². The fourth-order valence-corrected chi connectivity index (χ4v) is 4.49. The van der Waals surface area contributed by atoms with Crippen LogP contribution in [0.15, 0.2) is 43.0 Å². The number of ether oxygens (including phenoxy) is 1. The van der Waals surface area contributed by atoms with Crippen molar-refractivity contribution in [2.45, 2.75) is 63.5 Å². The second kappa shape index (κ2) is 9.14. The lowest BCUT2D eigenvalue weighted by Crippen LogP contribution is -2.44. The number of rotatable bonds is 6. The molecule has 1 aromatic carbocycles. The molecule has 0 radical (unpaired) electrons. The number of carbonyl (C=O) groups excluding carboxylic acids is 1. The van der Waals surface area contributed by atoms with Crippen LogP contribution < -0.4 is 5.32 Å². The number of imidazole rings is 1. The van der Waals surface area contributed by atoms with Crippen LogP contribution in [0.5, 0.6) is 0 Å². The number of amides is 1. The second-order valence-electron chi connectivity index (χ2n) is 9.94. The average Bonchev–Trinajstić information content (AvgIpc) is 3.34. The molecule has 3 aromatic rings. The van der Waals surface area contributed by atoms with E-state index in [2.05, 4.69) is 54.1 Å². The zero-order chi connectivity index (χ0) is 24.7. The smallest absolute Gasteiger partial charge is 0.256 e. The molecule has 0 aliphatic carbocycles. The number of anilines is 1. The van der Waals surface area contributed by atoms with Crippen molar-refractivity contribution in [2.24, 2.45) is 0 Å². The van der Waals surface area contributed by atoms with Crippen molar-refractivity contribution < 1.29 is 23.5 Å². The lowest BCUT2D eigenvalue weighted by Gasteiger charge is -2.37. The quantitative estimate of drug-likeness (QED) is 0.510. The number of aromatic nitrogens is 4. The fraction of sp³-hybridized carbons (Fsp3) is 0.478. The Bertz CT molecular complexity index is 1170. The summed E-state index contributed by atoms with van der Waals surface area (Å²) in [6, 6.07) is 8.69. The van der Waals surface area contributed by atoms with Gasteiger partial charge < -0.3 is 19.6 Å². The molecule has 1 saturated heterocycles. The Labute approximate surface area is 198 Å². The van der Waals surface area contributed by atoms with Crippen LogP contribution in [0.1, 0.15) is 37.4 Å². The zero-order valence-corrected chi connectivity index (χ0v) is 20.9. The fourth-order valence-electron chi connectivity index (χ4n) is 3.47. The van der Waals surface area contributed by atoms with Gasteiger partial charge in [0, 0.05) is 5.56 Å². The number of aliphatic hydroxyl groups excluding tert-OH is 1. The number of alkyl halides is 1. The first kappa shape index (κ1) is 24.4. The van der Waals surface area contributed by atoms with E-state index in [9.17, 15) is 9.90 Å². The van der Waals surface area contributed by atoms with Crippen molar-refractivity contribution in [3.05, 3.63) is 48.5 Å². The Hall–Kier alpha value is -2.73. The van der Waals surface area contributed by atoms with Crippen LogP contribution in [0.3, 0.4) is 0 Å². The number of nitrogens with zero attached hydrogens (tertiary/aromatic N) is 4. The van der Waals surface area contributed by atoms with Crippen molar-refractivity contribution in [1.29, 1.82) is 0 Å². The minimum Gasteiger partial charge on any atom is -0.414 e. The first-order valence-corrected chi connectivity index (χ1v) is 14.1. The van der Waals surface area contributed by atoms with Gasteiger partial charge in [0.05, 0.1) is 12.9 Å². The van der Waals surface area contributed by atoms with Gasteiger partial charge in [-0.2, -0.15) is 0 Å². The molecule has 1 aliphatic heterocycles. The minimum absolute atomic E-state index is 0.0247. The largest absolute Gasteiger partial charge is 0.414 e. The highest BCUT2D eigenvalue weighted by atomic mass is 28.4. The predicted octanol–water partition coefficient (Wildman–Crippen LogP) is 3.70. The molecule has 1 fully saturated rings. The third-order valence-corrected chi connectivity index (χ3v) is 11.1. The number of halogens is 1. The maximum Gasteiger partial charge on any atom is 0.256 e. The summed E-state index contributed by atoms with van der Waals surface area (Å²) in [7, 11) is -2.10. The van der Waals surface area contributed by atoms with E-state index in [1.54, 1.807) is 24.3 Å². The molecule has 2 aromatic heterocycles. The summed E-state index contributed by atoms with van der Waals surface area (Å²) in [5, 5.41) is 13.2. The van der Waals surface area contributed by atoms with Crippen molar-refractivity contribution in [3.63, 3.8) is 0 Å². The van der Waals surface area contributed by atoms with Crippen molar-refractivity contribution in [1.82, 2.24) is 19.5 Å². The molecule has 9 nitrogen and oxygen atoms in total. The summed E-state index contributed by atoms with van der Waals surface area (Å²) in [4.78, 5) is 25.2. The molecule has 4 atom stereocenters. The highest BCUT2D eigenvalue weighted by Crippen LogP contribution is 2.39. The number of fused-ring (bicyclic) bond motifs is 1. The third-order valence-electron chi connectivity index (χ3n) is 6.61. The van der Waals surface area contributed by atoms with Gasteiger partial charge in [0.15, 0.2) is 37.7 Å². The molecule has 1 amide bonds. The predicted molar refractivity (Wildman–Crippen MR) is 128 cm³/mol. The highest BCUT2D eigenvalue weighted by Gasteiger charge is 2.47. The van der Waals surface area contributed by atoms with Crippen LogP contribution in [0.2, 0.25) is 18.1 Å². The van der Waals surface area contributed by atoms with E-state index in [4.69, 9.17) is 9.16 Å². The molecule has 4 rings (SSSR count). The summed E-state index contributed by atoms with van der Waals surface area (Å²) in [5.41, 5.74) is 1.03. The first-order chi connectivity index (χ1) is 16.0. The highest BCUT2D eigenvalue weighted by molar-refractivity contribution is 6.74. The molecule has 0 spiro atoms. The van der Waals surface area contributed by atoms with Crippen LogP contribution in [-0.4, -0.2) is 63.8 Å². The second-order valence-corrected chi connectivity index (χ2v) is 14.7. The maximum atomic E-state index is 15.1. The van der Waals surface area contributed by atoms with E-state index in [0.29, 0.717) is 5.56 Å². The Morgan fingerprint density at radius 1 is 1.24 bits per heavy atom. The monoisotopic (exact) mass is 487 g/mol. The standard InChI is InChI=1S/C23H30FN5O4Si/c1-23(2,3)34(4,5)32-11-15-18(30)16(24)22(33-15)29-13-27-17-19(25-12-26-20(17)29)28-21(31)14-9-7-6-8-10-14/h6-10,12-13,15-16,18,22,30H,11H2,1-5H3,(H,25,26,28,31)/t15-,16-,18?,22-/m1/s1. The normalized spacial score (nSPS) is 23.4. The summed E-state index contributed by atoms with van der Waals surface area (Å²) < 4.78 is 28.6. The van der Waals surface area contributed by atoms with Gasteiger partial charge in [-0.3, -0.25) is 9.36 Å². The first-order valence-electron chi connectivity index (χ1n) is 11.1. The molecular weight excluding hydrogens is 457 g/mol. The van der Waals surface area contributed by atoms with Crippen LogP contribution in [-0.2, 0) is 9.16 Å². The number of nitrogens with one attached hydrogen (secondary N) is 1. The van der Waals surface area contributed by atoms with Crippen LogP contribution in [0.4, 0.5) is 10.2 Å². The summed E-state index contributed by atoms with van der Waals surface area (Å²) in [6.45, 7) is 10.6. The van der Waals surface area contributed by atoms with E-state index >= 15 is 4.39 Å². The molecular formula is C23H30FN5O4Si. The van der Waals surface area contributed by atoms with E-state index in [1.165, 1.54) is 17.2 Å². The van der Waals surface area contributed by atoms with E-state index in [1.807, 2.05) is 6.07 Å². The van der Waals surface area contributed by atoms with Crippen LogP contribution in [0.25, 0.3) is 11.2 Å². The molecule has 1 aliphatic rings. The van der Waals surface area contributed by atoms with Crippen LogP contribution >= 0.6 is 0 Å².